The number of anilines is 2. The number of rotatable bonds is 10. The van der Waals surface area contributed by atoms with E-state index in [2.05, 4.69) is 25.6 Å². The van der Waals surface area contributed by atoms with Gasteiger partial charge >= 0.3 is 11.6 Å². The minimum Gasteiger partial charge on any atom is -0.444 e. The summed E-state index contributed by atoms with van der Waals surface area (Å²) in [4.78, 5) is 48.8. The first kappa shape index (κ1) is 30.7. The fraction of sp³-hybridized carbons (Fsp3) is 0.500. The molecule has 0 bridgehead atoms. The van der Waals surface area contributed by atoms with Crippen LogP contribution in [0.25, 0.3) is 0 Å². The van der Waals surface area contributed by atoms with E-state index in [1.54, 1.807) is 12.4 Å². The van der Waals surface area contributed by atoms with Gasteiger partial charge in [-0.1, -0.05) is 32.1 Å². The summed E-state index contributed by atoms with van der Waals surface area (Å²) in [6, 6.07) is 1.09. The molecule has 1 aliphatic rings. The average molecular weight is 615 g/mol. The molecular formula is C24H28F2N6O7S2. The van der Waals surface area contributed by atoms with Crippen molar-refractivity contribution in [2.75, 3.05) is 17.2 Å². The Balaban J connectivity index is 1.24. The number of hydrogen-bond donors (Lipinski definition) is 4. The Morgan fingerprint density at radius 1 is 1.20 bits per heavy atom. The molecule has 13 nitrogen and oxygen atoms in total. The zero-order valence-corrected chi connectivity index (χ0v) is 23.8. The number of carbonyl (C=O) groups excluding carboxylic acids is 2. The number of carbonyl (C=O) groups is 2. The molecule has 1 saturated heterocycles. The lowest BCUT2D eigenvalue weighted by molar-refractivity contribution is -0.141. The molecule has 1 aliphatic heterocycles. The number of amides is 2. The Bertz CT molecular complexity index is 1450. The van der Waals surface area contributed by atoms with Crippen molar-refractivity contribution in [3.63, 3.8) is 0 Å². The number of aliphatic hydroxyl groups excluding tert-OH is 2. The van der Waals surface area contributed by atoms with Crippen molar-refractivity contribution >= 4 is 45.9 Å². The molecule has 41 heavy (non-hydrogen) atoms. The molecule has 0 spiro atoms. The fourth-order valence-corrected chi connectivity index (χ4v) is 5.38. The molecule has 0 radical (unpaired) electrons. The van der Waals surface area contributed by atoms with Gasteiger partial charge in [0.15, 0.2) is 11.2 Å². The second-order valence-electron chi connectivity index (χ2n) is 10.1. The van der Waals surface area contributed by atoms with E-state index in [0.717, 1.165) is 22.2 Å². The van der Waals surface area contributed by atoms with Crippen LogP contribution in [-0.2, 0) is 25.5 Å². The second kappa shape index (κ2) is 12.3. The van der Waals surface area contributed by atoms with Crippen LogP contribution in [0.1, 0.15) is 51.5 Å². The largest absolute Gasteiger partial charge is 0.444 e. The van der Waals surface area contributed by atoms with E-state index >= 15 is 0 Å². The van der Waals surface area contributed by atoms with Crippen LogP contribution in [0.5, 0.6) is 0 Å². The summed E-state index contributed by atoms with van der Waals surface area (Å²) in [7, 11) is 0. The van der Waals surface area contributed by atoms with Gasteiger partial charge in [0.05, 0.1) is 29.0 Å². The number of thiazole rings is 1. The number of aliphatic hydroxyl groups is 2. The lowest BCUT2D eigenvalue weighted by Gasteiger charge is -2.21. The lowest BCUT2D eigenvalue weighted by Crippen LogP contribution is -2.41. The van der Waals surface area contributed by atoms with Gasteiger partial charge in [0.2, 0.25) is 23.9 Å². The lowest BCUT2D eigenvalue weighted by atomic mass is 9.94. The third-order valence-electron chi connectivity index (χ3n) is 5.85. The molecule has 2 amide bonds. The highest BCUT2D eigenvalue weighted by molar-refractivity contribution is 8.00. The number of nitrogens with zero attached hydrogens (tertiary/aromatic N) is 4. The van der Waals surface area contributed by atoms with Crippen LogP contribution in [0.4, 0.5) is 19.7 Å². The standard InChI is InChI=1S/C24H28F2N6O7S2/c1-23(2,3)13-8-27-17(39-13)11-40-18-9-28-21(41-18)31-16(35)5-4-15(34)29-14-6-7-32(22(37)30-14)20-24(25,26)19(36)12(10-33)38-20/h6-9,12,19-20,33,36H,4-5,10-11H2,1-3H3,(H,28,31,35)(H,29,30,34,37)/t12-,19-,20-/m1/s1. The topological polar surface area (TPSA) is 182 Å². The average Bonchev–Trinajstić information content (AvgIpc) is 3.61. The van der Waals surface area contributed by atoms with Crippen molar-refractivity contribution in [3.8, 4) is 0 Å². The van der Waals surface area contributed by atoms with Crippen LogP contribution in [0.15, 0.2) is 38.1 Å². The third kappa shape index (κ3) is 7.34. The Morgan fingerprint density at radius 2 is 1.90 bits per heavy atom. The molecule has 3 aromatic rings. The van der Waals surface area contributed by atoms with Gasteiger partial charge in [-0.2, -0.15) is 13.8 Å². The van der Waals surface area contributed by atoms with Crippen LogP contribution in [-0.4, -0.2) is 66.3 Å². The van der Waals surface area contributed by atoms with E-state index in [4.69, 9.17) is 14.3 Å². The number of alkyl halides is 2. The maximum atomic E-state index is 14.3. The van der Waals surface area contributed by atoms with Gasteiger partial charge in [-0.05, 0) is 6.07 Å². The number of ether oxygens (including phenoxy) is 1. The van der Waals surface area contributed by atoms with Crippen molar-refractivity contribution in [1.29, 1.82) is 0 Å². The van der Waals surface area contributed by atoms with Crippen LogP contribution >= 0.6 is 23.1 Å². The number of thioether (sulfide) groups is 1. The molecule has 222 valence electrons. The number of oxazole rings is 1. The fourth-order valence-electron chi connectivity index (χ4n) is 3.63. The van der Waals surface area contributed by atoms with Crippen LogP contribution in [0, 0.1) is 0 Å². The molecule has 0 saturated carbocycles. The molecule has 1 fully saturated rings. The van der Waals surface area contributed by atoms with Crippen molar-refractivity contribution in [2.45, 2.75) is 73.3 Å². The minimum absolute atomic E-state index is 0.143. The van der Waals surface area contributed by atoms with Gasteiger partial charge in [-0.25, -0.2) is 14.8 Å². The molecule has 0 aromatic carbocycles. The van der Waals surface area contributed by atoms with E-state index in [-0.39, 0.29) is 24.1 Å². The predicted octanol–water partition coefficient (Wildman–Crippen LogP) is 2.52. The summed E-state index contributed by atoms with van der Waals surface area (Å²) >= 11 is 2.71. The van der Waals surface area contributed by atoms with Crippen molar-refractivity contribution in [2.24, 2.45) is 0 Å². The molecule has 3 atom stereocenters. The summed E-state index contributed by atoms with van der Waals surface area (Å²) < 4.78 is 40.6. The summed E-state index contributed by atoms with van der Waals surface area (Å²) in [5.74, 6) is -3.33. The van der Waals surface area contributed by atoms with E-state index in [1.807, 2.05) is 20.8 Å². The SMILES string of the molecule is CC(C)(C)c1cnc(CSc2cnc(NC(=O)CCC(=O)Nc3ccn([C@@H]4O[C@H](CO)[C@@H](O)C4(F)F)c(=O)n3)s2)o1. The van der Waals surface area contributed by atoms with Gasteiger partial charge in [0, 0.05) is 24.5 Å². The quantitative estimate of drug-likeness (QED) is 0.246. The van der Waals surface area contributed by atoms with Crippen LogP contribution in [0.2, 0.25) is 0 Å². The zero-order valence-electron chi connectivity index (χ0n) is 22.2. The van der Waals surface area contributed by atoms with Gasteiger partial charge in [-0.15, -0.1) is 11.8 Å². The maximum absolute atomic E-state index is 14.3. The highest BCUT2D eigenvalue weighted by atomic mass is 32.2. The number of nitrogens with one attached hydrogen (secondary N) is 2. The number of aromatic nitrogens is 4. The first-order valence-electron chi connectivity index (χ1n) is 12.3. The third-order valence-corrected chi connectivity index (χ3v) is 7.94. The molecule has 17 heteroatoms. The summed E-state index contributed by atoms with van der Waals surface area (Å²) in [6.45, 7) is 5.22. The van der Waals surface area contributed by atoms with Gasteiger partial charge in [0.1, 0.15) is 17.7 Å². The minimum atomic E-state index is -3.86. The molecule has 3 aromatic heterocycles. The smallest absolute Gasteiger partial charge is 0.351 e. The first-order valence-corrected chi connectivity index (χ1v) is 14.1. The van der Waals surface area contributed by atoms with Crippen LogP contribution < -0.4 is 16.3 Å². The Morgan fingerprint density at radius 3 is 2.51 bits per heavy atom. The Hall–Kier alpha value is -3.25. The van der Waals surface area contributed by atoms with Crippen molar-refractivity contribution < 1.29 is 37.7 Å². The van der Waals surface area contributed by atoms with E-state index in [1.165, 1.54) is 23.1 Å². The molecule has 0 unspecified atom stereocenters. The Labute approximate surface area is 240 Å². The van der Waals surface area contributed by atoms with Crippen molar-refractivity contribution in [3.05, 3.63) is 46.8 Å². The molecule has 0 aliphatic carbocycles. The predicted molar refractivity (Wildman–Crippen MR) is 144 cm³/mol. The highest BCUT2D eigenvalue weighted by Gasteiger charge is 2.59. The van der Waals surface area contributed by atoms with E-state index in [9.17, 15) is 28.3 Å². The van der Waals surface area contributed by atoms with E-state index in [0.29, 0.717) is 21.3 Å². The molecule has 4 heterocycles. The van der Waals surface area contributed by atoms with Gasteiger partial charge < -0.3 is 30.0 Å². The van der Waals surface area contributed by atoms with Gasteiger partial charge in [-0.3, -0.25) is 14.2 Å². The summed E-state index contributed by atoms with van der Waals surface area (Å²) in [6.07, 6.45) is -2.29. The summed E-state index contributed by atoms with van der Waals surface area (Å²) in [5.41, 5.74) is -1.32. The number of hydrogen-bond acceptors (Lipinski definition) is 12. The second-order valence-corrected chi connectivity index (χ2v) is 12.4. The molecular weight excluding hydrogens is 586 g/mol. The zero-order chi connectivity index (χ0) is 29.9. The highest BCUT2D eigenvalue weighted by Crippen LogP contribution is 2.42. The van der Waals surface area contributed by atoms with Gasteiger partial charge in [0.25, 0.3) is 0 Å². The monoisotopic (exact) mass is 614 g/mol. The van der Waals surface area contributed by atoms with E-state index < -0.39 is 48.5 Å². The molecule has 4 N–H and O–H groups in total. The summed E-state index contributed by atoms with van der Waals surface area (Å²) in [5, 5.41) is 24.0. The Kier molecular flexibility index (Phi) is 9.22. The first-order chi connectivity index (χ1) is 19.3. The number of halogens is 2. The van der Waals surface area contributed by atoms with Crippen LogP contribution in [0.3, 0.4) is 0 Å². The van der Waals surface area contributed by atoms with Crippen molar-refractivity contribution in [1.82, 2.24) is 19.5 Å². The molecule has 4 rings (SSSR count). The maximum Gasteiger partial charge on any atom is 0.351 e. The normalized spacial score (nSPS) is 20.2.